The van der Waals surface area contributed by atoms with Crippen molar-refractivity contribution in [2.45, 2.75) is 29.4 Å². The van der Waals surface area contributed by atoms with Crippen molar-refractivity contribution in [3.8, 4) is 0 Å². The first-order valence-corrected chi connectivity index (χ1v) is 12.4. The molecule has 0 spiro atoms. The Labute approximate surface area is 194 Å². The van der Waals surface area contributed by atoms with E-state index >= 15 is 0 Å². The van der Waals surface area contributed by atoms with Crippen molar-refractivity contribution in [2.75, 3.05) is 25.2 Å². The minimum atomic E-state index is -0.0423. The van der Waals surface area contributed by atoms with Crippen LogP contribution in [-0.2, 0) is 11.3 Å². The van der Waals surface area contributed by atoms with E-state index in [9.17, 15) is 4.79 Å². The SMILES string of the molecule is COCCCn1c(=O)c2ccccc2n2c(SCCCSc3ccccc3Cl)nnc12. The average molecular weight is 475 g/mol. The third-order valence-electron chi connectivity index (χ3n) is 4.82. The predicted octanol–water partition coefficient (Wildman–Crippen LogP) is 5.01. The molecule has 0 amide bonds. The molecule has 0 aliphatic rings. The summed E-state index contributed by atoms with van der Waals surface area (Å²) in [5, 5.41) is 11.0. The van der Waals surface area contributed by atoms with E-state index in [1.165, 1.54) is 0 Å². The largest absolute Gasteiger partial charge is 0.385 e. The first-order chi connectivity index (χ1) is 15.2. The maximum absolute atomic E-state index is 13.0. The fraction of sp³-hybridized carbons (Fsp3) is 0.318. The number of fused-ring (bicyclic) bond motifs is 3. The van der Waals surface area contributed by atoms with Crippen LogP contribution in [0, 0.1) is 0 Å². The lowest BCUT2D eigenvalue weighted by Gasteiger charge is -2.11. The molecule has 0 aliphatic heterocycles. The fourth-order valence-electron chi connectivity index (χ4n) is 3.36. The van der Waals surface area contributed by atoms with Gasteiger partial charge in [-0.1, -0.05) is 47.6 Å². The highest BCUT2D eigenvalue weighted by molar-refractivity contribution is 8.00. The average Bonchev–Trinajstić information content (AvgIpc) is 3.21. The molecule has 0 bridgehead atoms. The normalized spacial score (nSPS) is 11.5. The molecule has 2 heterocycles. The topological polar surface area (TPSA) is 61.4 Å². The molecule has 0 fully saturated rings. The van der Waals surface area contributed by atoms with Gasteiger partial charge >= 0.3 is 0 Å². The van der Waals surface area contributed by atoms with E-state index in [0.717, 1.165) is 44.9 Å². The summed E-state index contributed by atoms with van der Waals surface area (Å²) in [7, 11) is 1.66. The van der Waals surface area contributed by atoms with E-state index in [-0.39, 0.29) is 5.56 Å². The quantitative estimate of drug-likeness (QED) is 0.238. The van der Waals surface area contributed by atoms with Crippen LogP contribution in [0.2, 0.25) is 5.02 Å². The van der Waals surface area contributed by atoms with Gasteiger partial charge in [0, 0.05) is 30.9 Å². The molecular weight excluding hydrogens is 452 g/mol. The highest BCUT2D eigenvalue weighted by Crippen LogP contribution is 2.28. The lowest BCUT2D eigenvalue weighted by atomic mass is 10.2. The second-order valence-corrected chi connectivity index (χ2v) is 9.53. The van der Waals surface area contributed by atoms with Crippen LogP contribution in [0.15, 0.2) is 63.4 Å². The Bertz CT molecular complexity index is 1240. The number of hydrogen-bond donors (Lipinski definition) is 0. The number of ether oxygens (including phenoxy) is 1. The van der Waals surface area contributed by atoms with Crippen LogP contribution in [0.3, 0.4) is 0 Å². The van der Waals surface area contributed by atoms with Crippen molar-refractivity contribution in [2.24, 2.45) is 0 Å². The number of aryl methyl sites for hydroxylation is 1. The summed E-state index contributed by atoms with van der Waals surface area (Å²) >= 11 is 9.65. The maximum Gasteiger partial charge on any atom is 0.262 e. The van der Waals surface area contributed by atoms with Crippen LogP contribution in [-0.4, -0.2) is 44.4 Å². The molecule has 0 saturated carbocycles. The number of para-hydroxylation sites is 1. The maximum atomic E-state index is 13.0. The summed E-state index contributed by atoms with van der Waals surface area (Å²) in [5.74, 6) is 2.44. The van der Waals surface area contributed by atoms with Crippen molar-refractivity contribution < 1.29 is 4.74 Å². The van der Waals surface area contributed by atoms with Gasteiger partial charge in [-0.3, -0.25) is 13.8 Å². The summed E-state index contributed by atoms with van der Waals surface area (Å²) in [5.41, 5.74) is 0.794. The summed E-state index contributed by atoms with van der Waals surface area (Å²) in [6.45, 7) is 1.13. The van der Waals surface area contributed by atoms with Gasteiger partial charge in [0.25, 0.3) is 5.56 Å². The Morgan fingerprint density at radius 2 is 1.77 bits per heavy atom. The van der Waals surface area contributed by atoms with Crippen LogP contribution in [0.5, 0.6) is 0 Å². The summed E-state index contributed by atoms with van der Waals surface area (Å²) < 4.78 is 8.85. The van der Waals surface area contributed by atoms with Gasteiger partial charge in [0.15, 0.2) is 5.16 Å². The number of rotatable bonds is 10. The van der Waals surface area contributed by atoms with E-state index in [1.807, 2.05) is 52.9 Å². The smallest absolute Gasteiger partial charge is 0.262 e. The van der Waals surface area contributed by atoms with Crippen LogP contribution in [0.1, 0.15) is 12.8 Å². The molecule has 0 N–H and O–H groups in total. The van der Waals surface area contributed by atoms with Crippen LogP contribution in [0.25, 0.3) is 16.7 Å². The number of hydrogen-bond acceptors (Lipinski definition) is 6. The first kappa shape index (κ1) is 22.2. The molecule has 2 aromatic carbocycles. The number of benzene rings is 2. The molecule has 162 valence electrons. The zero-order chi connectivity index (χ0) is 21.6. The molecule has 0 atom stereocenters. The van der Waals surface area contributed by atoms with Crippen molar-refractivity contribution in [3.63, 3.8) is 0 Å². The van der Waals surface area contributed by atoms with Crippen LogP contribution >= 0.6 is 35.1 Å². The van der Waals surface area contributed by atoms with Crippen molar-refractivity contribution in [1.82, 2.24) is 19.2 Å². The predicted molar refractivity (Wildman–Crippen MR) is 129 cm³/mol. The van der Waals surface area contributed by atoms with E-state index in [4.69, 9.17) is 16.3 Å². The third-order valence-corrected chi connectivity index (χ3v) is 7.44. The highest BCUT2D eigenvalue weighted by atomic mass is 35.5. The van der Waals surface area contributed by atoms with Crippen LogP contribution in [0.4, 0.5) is 0 Å². The summed E-state index contributed by atoms with van der Waals surface area (Å²) in [6, 6.07) is 15.5. The van der Waals surface area contributed by atoms with Gasteiger partial charge in [-0.25, -0.2) is 0 Å². The van der Waals surface area contributed by atoms with Gasteiger partial charge in [-0.15, -0.1) is 22.0 Å². The standard InChI is InChI=1S/C22H23ClN4O2S2/c1-29-13-6-12-26-20(28)16-8-2-4-10-18(16)27-21(26)24-25-22(27)31-15-7-14-30-19-11-5-3-9-17(19)23/h2-5,8-11H,6-7,12-15H2,1H3. The van der Waals surface area contributed by atoms with E-state index in [2.05, 4.69) is 10.2 Å². The molecule has 9 heteroatoms. The molecule has 2 aromatic heterocycles. The Morgan fingerprint density at radius 3 is 2.61 bits per heavy atom. The van der Waals surface area contributed by atoms with Crippen LogP contribution < -0.4 is 5.56 Å². The van der Waals surface area contributed by atoms with E-state index < -0.39 is 0 Å². The molecule has 0 aliphatic carbocycles. The zero-order valence-corrected chi connectivity index (χ0v) is 19.6. The summed E-state index contributed by atoms with van der Waals surface area (Å²) in [4.78, 5) is 14.1. The summed E-state index contributed by atoms with van der Waals surface area (Å²) in [6.07, 6.45) is 1.74. The second-order valence-electron chi connectivity index (χ2n) is 6.92. The van der Waals surface area contributed by atoms with E-state index in [0.29, 0.717) is 24.3 Å². The number of methoxy groups -OCH3 is 1. The van der Waals surface area contributed by atoms with Gasteiger partial charge in [0.05, 0.1) is 15.9 Å². The molecular formula is C22H23ClN4O2S2. The molecule has 0 radical (unpaired) electrons. The Morgan fingerprint density at radius 1 is 1.00 bits per heavy atom. The lowest BCUT2D eigenvalue weighted by Crippen LogP contribution is -2.24. The Kier molecular flexibility index (Phi) is 7.55. The van der Waals surface area contributed by atoms with Gasteiger partial charge < -0.3 is 4.74 Å². The minimum absolute atomic E-state index is 0.0423. The molecule has 4 rings (SSSR count). The molecule has 31 heavy (non-hydrogen) atoms. The van der Waals surface area contributed by atoms with Gasteiger partial charge in [-0.05, 0) is 42.9 Å². The van der Waals surface area contributed by atoms with E-state index in [1.54, 1.807) is 35.2 Å². The monoisotopic (exact) mass is 474 g/mol. The fourth-order valence-corrected chi connectivity index (χ4v) is 5.61. The molecule has 0 unspecified atom stereocenters. The van der Waals surface area contributed by atoms with Gasteiger partial charge in [-0.2, -0.15) is 0 Å². The minimum Gasteiger partial charge on any atom is -0.385 e. The third kappa shape index (κ3) is 4.92. The molecule has 6 nitrogen and oxygen atoms in total. The molecule has 0 saturated heterocycles. The molecule has 4 aromatic rings. The van der Waals surface area contributed by atoms with Gasteiger partial charge in [0.1, 0.15) is 0 Å². The number of halogens is 1. The Balaban J connectivity index is 1.53. The number of thioether (sulfide) groups is 2. The van der Waals surface area contributed by atoms with Gasteiger partial charge in [0.2, 0.25) is 5.78 Å². The van der Waals surface area contributed by atoms with Crippen molar-refractivity contribution in [1.29, 1.82) is 0 Å². The lowest BCUT2D eigenvalue weighted by molar-refractivity contribution is 0.190. The Hall–Kier alpha value is -2.00. The first-order valence-electron chi connectivity index (χ1n) is 10.1. The highest BCUT2D eigenvalue weighted by Gasteiger charge is 2.16. The van der Waals surface area contributed by atoms with Crippen molar-refractivity contribution in [3.05, 3.63) is 63.9 Å². The zero-order valence-electron chi connectivity index (χ0n) is 17.2. The number of aromatic nitrogens is 4. The second kappa shape index (κ2) is 10.5. The van der Waals surface area contributed by atoms with Crippen molar-refractivity contribution >= 4 is 51.8 Å². The number of nitrogens with zero attached hydrogens (tertiary/aromatic N) is 4.